The van der Waals surface area contributed by atoms with Crippen LogP contribution in [0.15, 0.2) is 24.3 Å². The fraction of sp³-hybridized carbons (Fsp3) is 0.333. The Morgan fingerprint density at radius 3 is 2.54 bits per heavy atom. The highest BCUT2D eigenvalue weighted by Gasteiger charge is 2.19. The molecule has 1 aromatic rings. The van der Waals surface area contributed by atoms with Crippen molar-refractivity contribution in [3.8, 4) is 0 Å². The van der Waals surface area contributed by atoms with E-state index < -0.39 is 12.5 Å². The molecule has 0 fully saturated rings. The highest BCUT2D eigenvalue weighted by Crippen LogP contribution is 2.22. The Labute approximate surface area is 80.7 Å². The largest absolute Gasteiger partial charge is 0.308 e. The van der Waals surface area contributed by atoms with Crippen LogP contribution in [-0.2, 0) is 0 Å². The number of alkyl halides is 2. The Bertz CT molecular complexity index is 278. The van der Waals surface area contributed by atoms with Crippen molar-refractivity contribution in [2.24, 2.45) is 0 Å². The first-order chi connectivity index (χ1) is 6.15. The standard InChI is InChI=1S/C9H10ClF2N/c1-13-8(9(11)12)6-3-2-4-7(10)5-6/h2-5,8-9,13H,1H3. The summed E-state index contributed by atoms with van der Waals surface area (Å²) in [6.07, 6.45) is -2.43. The van der Waals surface area contributed by atoms with E-state index in [1.54, 1.807) is 18.2 Å². The molecular formula is C9H10ClF2N. The third-order valence-corrected chi connectivity index (χ3v) is 2.01. The van der Waals surface area contributed by atoms with Gasteiger partial charge in [0.1, 0.15) is 0 Å². The summed E-state index contributed by atoms with van der Waals surface area (Å²) < 4.78 is 24.8. The molecule has 0 saturated heterocycles. The van der Waals surface area contributed by atoms with Gasteiger partial charge in [0, 0.05) is 5.02 Å². The summed E-state index contributed by atoms with van der Waals surface area (Å²) in [5, 5.41) is 3.01. The molecule has 0 aliphatic rings. The van der Waals surface area contributed by atoms with E-state index in [-0.39, 0.29) is 0 Å². The Hall–Kier alpha value is -0.670. The lowest BCUT2D eigenvalue weighted by atomic mass is 10.1. The van der Waals surface area contributed by atoms with E-state index in [0.717, 1.165) is 0 Å². The monoisotopic (exact) mass is 205 g/mol. The van der Waals surface area contributed by atoms with Crippen LogP contribution in [0.2, 0.25) is 5.02 Å². The molecular weight excluding hydrogens is 196 g/mol. The lowest BCUT2D eigenvalue weighted by Gasteiger charge is -2.15. The van der Waals surface area contributed by atoms with Crippen molar-refractivity contribution in [1.82, 2.24) is 5.32 Å². The minimum Gasteiger partial charge on any atom is -0.308 e. The van der Waals surface area contributed by atoms with E-state index in [4.69, 9.17) is 11.6 Å². The number of halogens is 3. The highest BCUT2D eigenvalue weighted by atomic mass is 35.5. The maximum Gasteiger partial charge on any atom is 0.257 e. The van der Waals surface area contributed by atoms with E-state index in [1.165, 1.54) is 13.1 Å². The van der Waals surface area contributed by atoms with Crippen molar-refractivity contribution in [3.63, 3.8) is 0 Å². The molecule has 0 aliphatic carbocycles. The molecule has 0 spiro atoms. The Morgan fingerprint density at radius 1 is 1.38 bits per heavy atom. The van der Waals surface area contributed by atoms with Gasteiger partial charge in [-0.3, -0.25) is 0 Å². The molecule has 0 radical (unpaired) electrons. The van der Waals surface area contributed by atoms with Crippen molar-refractivity contribution in [2.75, 3.05) is 7.05 Å². The maximum absolute atomic E-state index is 12.4. The molecule has 1 nitrogen and oxygen atoms in total. The second-order valence-electron chi connectivity index (χ2n) is 2.66. The van der Waals surface area contributed by atoms with Gasteiger partial charge in [0.25, 0.3) is 6.43 Å². The summed E-state index contributed by atoms with van der Waals surface area (Å²) in [7, 11) is 1.50. The minimum absolute atomic E-state index is 0.471. The van der Waals surface area contributed by atoms with Crippen molar-refractivity contribution < 1.29 is 8.78 Å². The Balaban J connectivity index is 2.91. The predicted molar refractivity (Wildman–Crippen MR) is 49.3 cm³/mol. The number of nitrogens with one attached hydrogen (secondary N) is 1. The molecule has 0 saturated carbocycles. The fourth-order valence-corrected chi connectivity index (χ4v) is 1.34. The van der Waals surface area contributed by atoms with E-state index in [9.17, 15) is 8.78 Å². The summed E-state index contributed by atoms with van der Waals surface area (Å²) in [6.45, 7) is 0. The maximum atomic E-state index is 12.4. The number of hydrogen-bond acceptors (Lipinski definition) is 1. The van der Waals surface area contributed by atoms with E-state index >= 15 is 0 Å². The molecule has 1 unspecified atom stereocenters. The molecule has 1 rings (SSSR count). The second-order valence-corrected chi connectivity index (χ2v) is 3.09. The molecule has 13 heavy (non-hydrogen) atoms. The first kappa shape index (κ1) is 10.4. The van der Waals surface area contributed by atoms with Gasteiger partial charge in [-0.15, -0.1) is 0 Å². The highest BCUT2D eigenvalue weighted by molar-refractivity contribution is 6.30. The predicted octanol–water partition coefficient (Wildman–Crippen LogP) is 2.87. The molecule has 1 N–H and O–H groups in total. The van der Waals surface area contributed by atoms with Gasteiger partial charge in [-0.2, -0.15) is 0 Å². The zero-order chi connectivity index (χ0) is 9.84. The Kier molecular flexibility index (Phi) is 3.63. The summed E-state index contributed by atoms with van der Waals surface area (Å²) >= 11 is 5.68. The van der Waals surface area contributed by atoms with Gasteiger partial charge in [-0.1, -0.05) is 23.7 Å². The lowest BCUT2D eigenvalue weighted by molar-refractivity contribution is 0.102. The molecule has 4 heteroatoms. The summed E-state index contributed by atoms with van der Waals surface area (Å²) in [5.74, 6) is 0. The van der Waals surface area contributed by atoms with Gasteiger partial charge in [0.15, 0.2) is 0 Å². The van der Waals surface area contributed by atoms with Crippen LogP contribution in [-0.4, -0.2) is 13.5 Å². The van der Waals surface area contributed by atoms with E-state index in [1.807, 2.05) is 0 Å². The molecule has 72 valence electrons. The summed E-state index contributed by atoms with van der Waals surface area (Å²) in [4.78, 5) is 0. The quantitative estimate of drug-likeness (QED) is 0.800. The normalized spacial score (nSPS) is 13.3. The van der Waals surface area contributed by atoms with Crippen LogP contribution in [0.5, 0.6) is 0 Å². The molecule has 0 amide bonds. The molecule has 0 bridgehead atoms. The van der Waals surface area contributed by atoms with Crippen molar-refractivity contribution >= 4 is 11.6 Å². The van der Waals surface area contributed by atoms with Gasteiger partial charge in [-0.25, -0.2) is 8.78 Å². The first-order valence-electron chi connectivity index (χ1n) is 3.86. The van der Waals surface area contributed by atoms with E-state index in [2.05, 4.69) is 5.32 Å². The number of benzene rings is 1. The Morgan fingerprint density at radius 2 is 2.08 bits per heavy atom. The summed E-state index contributed by atoms with van der Waals surface area (Å²) in [6, 6.07) is 5.53. The molecule has 0 aromatic heterocycles. The van der Waals surface area contributed by atoms with Gasteiger partial charge in [0.2, 0.25) is 0 Å². The van der Waals surface area contributed by atoms with Crippen LogP contribution in [0.4, 0.5) is 8.78 Å². The van der Waals surface area contributed by atoms with Crippen LogP contribution < -0.4 is 5.32 Å². The zero-order valence-electron chi connectivity index (χ0n) is 7.10. The fourth-order valence-electron chi connectivity index (χ4n) is 1.14. The third-order valence-electron chi connectivity index (χ3n) is 1.77. The topological polar surface area (TPSA) is 12.0 Å². The van der Waals surface area contributed by atoms with Gasteiger partial charge in [0.05, 0.1) is 6.04 Å². The number of rotatable bonds is 3. The first-order valence-corrected chi connectivity index (χ1v) is 4.24. The van der Waals surface area contributed by atoms with Crippen LogP contribution in [0.25, 0.3) is 0 Å². The lowest BCUT2D eigenvalue weighted by Crippen LogP contribution is -2.23. The van der Waals surface area contributed by atoms with Crippen LogP contribution >= 0.6 is 11.6 Å². The SMILES string of the molecule is CNC(c1cccc(Cl)c1)C(F)F. The van der Waals surface area contributed by atoms with Crippen LogP contribution in [0.3, 0.4) is 0 Å². The van der Waals surface area contributed by atoms with E-state index in [0.29, 0.717) is 10.6 Å². The van der Waals surface area contributed by atoms with Crippen LogP contribution in [0, 0.1) is 0 Å². The second kappa shape index (κ2) is 4.53. The van der Waals surface area contributed by atoms with Crippen LogP contribution in [0.1, 0.15) is 11.6 Å². The average molecular weight is 206 g/mol. The minimum atomic E-state index is -2.43. The average Bonchev–Trinajstić information content (AvgIpc) is 2.04. The molecule has 1 atom stereocenters. The van der Waals surface area contributed by atoms with Crippen molar-refractivity contribution in [3.05, 3.63) is 34.9 Å². The number of hydrogen-bond donors (Lipinski definition) is 1. The third kappa shape index (κ3) is 2.64. The molecule has 0 heterocycles. The van der Waals surface area contributed by atoms with Gasteiger partial charge < -0.3 is 5.32 Å². The van der Waals surface area contributed by atoms with Gasteiger partial charge in [-0.05, 0) is 24.7 Å². The zero-order valence-corrected chi connectivity index (χ0v) is 7.85. The van der Waals surface area contributed by atoms with Gasteiger partial charge >= 0.3 is 0 Å². The van der Waals surface area contributed by atoms with Crippen molar-refractivity contribution in [2.45, 2.75) is 12.5 Å². The molecule has 0 aliphatic heterocycles. The molecule has 1 aromatic carbocycles. The smallest absolute Gasteiger partial charge is 0.257 e. The summed E-state index contributed by atoms with van der Waals surface area (Å²) in [5.41, 5.74) is 0.505. The van der Waals surface area contributed by atoms with Crippen molar-refractivity contribution in [1.29, 1.82) is 0 Å².